The molecular weight excluding hydrogens is 530 g/mol. The molecule has 1 aliphatic rings. The summed E-state index contributed by atoms with van der Waals surface area (Å²) in [5, 5.41) is 12.8. The molecule has 8 nitrogen and oxygen atoms in total. The number of pyridine rings is 1. The van der Waals surface area contributed by atoms with E-state index in [1.165, 1.54) is 7.11 Å². The second kappa shape index (κ2) is 12.8. The highest BCUT2D eigenvalue weighted by atomic mass is 19.2. The number of fused-ring (bicyclic) bond motifs is 1. The Bertz CT molecular complexity index is 1350. The number of aromatic nitrogens is 1. The van der Waals surface area contributed by atoms with Crippen LogP contribution in [0, 0.1) is 22.9 Å². The van der Waals surface area contributed by atoms with E-state index in [4.69, 9.17) is 10.5 Å². The van der Waals surface area contributed by atoms with Crippen molar-refractivity contribution in [2.24, 2.45) is 11.1 Å². The SMILES string of the molecule is COc1ccc2ncc(CN)c([C@H](F)CCC3(C(=O)NO)CCN(CCNc4cc(F)cc(F)c4F)CC3)c2c1. The number of benzene rings is 2. The minimum atomic E-state index is -1.44. The highest BCUT2D eigenvalue weighted by Crippen LogP contribution is 2.41. The van der Waals surface area contributed by atoms with Crippen LogP contribution in [0.4, 0.5) is 23.2 Å². The van der Waals surface area contributed by atoms with E-state index in [0.29, 0.717) is 66.3 Å². The number of amides is 1. The zero-order valence-corrected chi connectivity index (χ0v) is 22.2. The molecule has 1 amide bonds. The van der Waals surface area contributed by atoms with Gasteiger partial charge in [-0.25, -0.2) is 23.0 Å². The second-order valence-electron chi connectivity index (χ2n) is 10.0. The van der Waals surface area contributed by atoms with Crippen LogP contribution in [0.2, 0.25) is 0 Å². The molecule has 2 aromatic carbocycles. The number of nitrogens with zero attached hydrogens (tertiary/aromatic N) is 2. The maximum absolute atomic E-state index is 15.9. The van der Waals surface area contributed by atoms with Crippen molar-refractivity contribution in [1.82, 2.24) is 15.4 Å². The smallest absolute Gasteiger partial charge is 0.249 e. The molecule has 5 N–H and O–H groups in total. The van der Waals surface area contributed by atoms with Crippen LogP contribution < -0.4 is 21.3 Å². The van der Waals surface area contributed by atoms with Gasteiger partial charge in [-0.1, -0.05) is 0 Å². The van der Waals surface area contributed by atoms with Crippen LogP contribution in [-0.2, 0) is 11.3 Å². The van der Waals surface area contributed by atoms with Crippen molar-refractivity contribution >= 4 is 22.5 Å². The second-order valence-corrected chi connectivity index (χ2v) is 10.0. The van der Waals surface area contributed by atoms with Gasteiger partial charge in [0, 0.05) is 48.9 Å². The number of piperidine rings is 1. The number of likely N-dealkylation sites (tertiary alicyclic amines) is 1. The topological polar surface area (TPSA) is 113 Å². The lowest BCUT2D eigenvalue weighted by atomic mass is 9.73. The Balaban J connectivity index is 1.42. The van der Waals surface area contributed by atoms with E-state index in [1.807, 2.05) is 4.90 Å². The fraction of sp³-hybridized carbons (Fsp3) is 0.429. The molecule has 0 bridgehead atoms. The molecule has 0 radical (unpaired) electrons. The van der Waals surface area contributed by atoms with Crippen molar-refractivity contribution in [2.75, 3.05) is 38.6 Å². The molecule has 1 fully saturated rings. The fourth-order valence-electron chi connectivity index (χ4n) is 5.39. The molecule has 1 atom stereocenters. The van der Waals surface area contributed by atoms with Crippen molar-refractivity contribution in [3.8, 4) is 5.75 Å². The zero-order valence-electron chi connectivity index (χ0n) is 22.2. The summed E-state index contributed by atoms with van der Waals surface area (Å²) in [6.07, 6.45) is 1.01. The van der Waals surface area contributed by atoms with E-state index < -0.39 is 34.9 Å². The van der Waals surface area contributed by atoms with Gasteiger partial charge in [-0.2, -0.15) is 0 Å². The first-order chi connectivity index (χ1) is 19.2. The summed E-state index contributed by atoms with van der Waals surface area (Å²) >= 11 is 0. The van der Waals surface area contributed by atoms with E-state index in [0.717, 1.165) is 6.07 Å². The largest absolute Gasteiger partial charge is 0.497 e. The normalized spacial score (nSPS) is 16.1. The van der Waals surface area contributed by atoms with Gasteiger partial charge in [-0.05, 0) is 62.5 Å². The minimum absolute atomic E-state index is 0.0166. The predicted molar refractivity (Wildman–Crippen MR) is 142 cm³/mol. The van der Waals surface area contributed by atoms with Crippen LogP contribution >= 0.6 is 0 Å². The van der Waals surface area contributed by atoms with E-state index >= 15 is 4.39 Å². The van der Waals surface area contributed by atoms with Gasteiger partial charge >= 0.3 is 0 Å². The molecule has 4 rings (SSSR count). The van der Waals surface area contributed by atoms with E-state index in [1.54, 1.807) is 29.9 Å². The first-order valence-electron chi connectivity index (χ1n) is 13.1. The molecule has 1 aromatic heterocycles. The first-order valence-corrected chi connectivity index (χ1v) is 13.1. The molecule has 1 aliphatic heterocycles. The third-order valence-electron chi connectivity index (χ3n) is 7.74. The zero-order chi connectivity index (χ0) is 28.9. The molecule has 0 spiro atoms. The number of carbonyl (C=O) groups excluding carboxylic acids is 1. The highest BCUT2D eigenvalue weighted by Gasteiger charge is 2.41. The summed E-state index contributed by atoms with van der Waals surface area (Å²) in [5.41, 5.74) is 7.96. The van der Waals surface area contributed by atoms with Crippen LogP contribution in [0.3, 0.4) is 0 Å². The average molecular weight is 564 g/mol. The van der Waals surface area contributed by atoms with Crippen LogP contribution in [-0.4, -0.2) is 54.3 Å². The summed E-state index contributed by atoms with van der Waals surface area (Å²) in [7, 11) is 1.52. The fourth-order valence-corrected chi connectivity index (χ4v) is 5.39. The van der Waals surface area contributed by atoms with Crippen LogP contribution in [0.15, 0.2) is 36.5 Å². The molecule has 1 saturated heterocycles. The third kappa shape index (κ3) is 6.29. The Kier molecular flexibility index (Phi) is 9.44. The summed E-state index contributed by atoms with van der Waals surface area (Å²) in [5.74, 6) is -3.33. The summed E-state index contributed by atoms with van der Waals surface area (Å²) in [4.78, 5) is 19.2. The quantitative estimate of drug-likeness (QED) is 0.117. The number of halogens is 4. The standard InChI is InChI=1S/C28H33F4N5O3/c1-40-19-2-3-23-20(14-19)25(17(15-33)16-35-23)21(30)4-5-28(27(38)36-39)6-9-37(10-7-28)11-8-34-24-13-18(29)12-22(31)26(24)32/h2-3,12-14,16,21,34,39H,4-11,15,33H2,1H3,(H,36,38)/t21-/m1/s1. The van der Waals surface area contributed by atoms with Crippen molar-refractivity contribution in [3.63, 3.8) is 0 Å². The Morgan fingerprint density at radius 1 is 1.23 bits per heavy atom. The number of anilines is 1. The van der Waals surface area contributed by atoms with Crippen LogP contribution in [0.1, 0.15) is 43.0 Å². The number of hydroxylamine groups is 1. The summed E-state index contributed by atoms with van der Waals surface area (Å²) < 4.78 is 62.0. The number of carbonyl (C=O) groups is 1. The molecule has 0 aliphatic carbocycles. The number of nitrogens with two attached hydrogens (primary N) is 1. The van der Waals surface area contributed by atoms with Gasteiger partial charge < -0.3 is 20.7 Å². The van der Waals surface area contributed by atoms with E-state index in [-0.39, 0.29) is 31.6 Å². The Morgan fingerprint density at radius 3 is 2.65 bits per heavy atom. The van der Waals surface area contributed by atoms with Crippen molar-refractivity contribution in [1.29, 1.82) is 0 Å². The number of hydrogen-bond donors (Lipinski definition) is 4. The van der Waals surface area contributed by atoms with Crippen molar-refractivity contribution in [2.45, 2.75) is 38.4 Å². The van der Waals surface area contributed by atoms with Gasteiger partial charge in [0.1, 0.15) is 17.7 Å². The van der Waals surface area contributed by atoms with E-state index in [2.05, 4.69) is 10.3 Å². The molecular formula is C28H33F4N5O3. The molecule has 12 heteroatoms. The number of hydrogen-bond acceptors (Lipinski definition) is 7. The molecule has 0 saturated carbocycles. The third-order valence-corrected chi connectivity index (χ3v) is 7.74. The lowest BCUT2D eigenvalue weighted by Crippen LogP contribution is -2.49. The number of nitrogens with one attached hydrogen (secondary N) is 2. The van der Waals surface area contributed by atoms with E-state index in [9.17, 15) is 23.2 Å². The summed E-state index contributed by atoms with van der Waals surface area (Å²) in [6.45, 7) is 1.63. The van der Waals surface area contributed by atoms with Gasteiger partial charge in [-0.3, -0.25) is 15.0 Å². The molecule has 0 unspecified atom stereocenters. The van der Waals surface area contributed by atoms with Gasteiger partial charge in [-0.15, -0.1) is 0 Å². The Morgan fingerprint density at radius 2 is 1.98 bits per heavy atom. The number of ether oxygens (including phenoxy) is 1. The van der Waals surface area contributed by atoms with Crippen LogP contribution in [0.25, 0.3) is 10.9 Å². The van der Waals surface area contributed by atoms with Crippen molar-refractivity contribution < 1.29 is 32.3 Å². The van der Waals surface area contributed by atoms with Crippen molar-refractivity contribution in [3.05, 3.63) is 65.1 Å². The molecule has 2 heterocycles. The maximum Gasteiger partial charge on any atom is 0.249 e. The van der Waals surface area contributed by atoms with Crippen LogP contribution in [0.5, 0.6) is 5.75 Å². The average Bonchev–Trinajstić information content (AvgIpc) is 2.97. The van der Waals surface area contributed by atoms with Gasteiger partial charge in [0.15, 0.2) is 11.6 Å². The lowest BCUT2D eigenvalue weighted by molar-refractivity contribution is -0.143. The maximum atomic E-state index is 15.9. The lowest BCUT2D eigenvalue weighted by Gasteiger charge is -2.40. The minimum Gasteiger partial charge on any atom is -0.497 e. The highest BCUT2D eigenvalue weighted by molar-refractivity contribution is 5.85. The molecule has 40 heavy (non-hydrogen) atoms. The number of alkyl halides is 1. The van der Waals surface area contributed by atoms with Gasteiger partial charge in [0.25, 0.3) is 0 Å². The predicted octanol–water partition coefficient (Wildman–Crippen LogP) is 4.61. The Hall–Kier alpha value is -3.48. The van der Waals surface area contributed by atoms with Gasteiger partial charge in [0.2, 0.25) is 5.91 Å². The number of methoxy groups -OCH3 is 1. The molecule has 216 valence electrons. The van der Waals surface area contributed by atoms with Gasteiger partial charge in [0.05, 0.1) is 23.7 Å². The monoisotopic (exact) mass is 563 g/mol. The number of rotatable bonds is 11. The molecule has 3 aromatic rings. The first kappa shape index (κ1) is 29.5. The Labute approximate surface area is 229 Å². The summed E-state index contributed by atoms with van der Waals surface area (Å²) in [6, 6.07) is 6.57.